The molecule has 0 fully saturated rings. The maximum atomic E-state index is 12.8. The molecule has 7 heteroatoms. The summed E-state index contributed by atoms with van der Waals surface area (Å²) in [5.41, 5.74) is 2.98. The number of fused-ring (bicyclic) bond motifs is 1. The summed E-state index contributed by atoms with van der Waals surface area (Å²) in [6.45, 7) is 12.1. The van der Waals surface area contributed by atoms with Crippen molar-refractivity contribution >= 4 is 39.3 Å². The minimum atomic E-state index is -0.845. The number of nitrogens with zero attached hydrogens (tertiary/aromatic N) is 1. The Morgan fingerprint density at radius 2 is 1.83 bits per heavy atom. The molecule has 3 aromatic rings. The number of carbonyl (C=O) groups excluding carboxylic acids is 1. The van der Waals surface area contributed by atoms with Gasteiger partial charge in [-0.1, -0.05) is 56.8 Å². The minimum Gasteiger partial charge on any atom is -0.465 e. The quantitative estimate of drug-likeness (QED) is 0.334. The summed E-state index contributed by atoms with van der Waals surface area (Å²) in [7, 11) is 0. The number of thioether (sulfide) groups is 1. The zero-order valence-corrected chi connectivity index (χ0v) is 19.2. The number of esters is 1. The SMILES string of the molecule is CCOC(=O)C(C)(C)Sc1nc2scc(-c3ccc(C(C)(C)C)cc3)c2c(=O)[nH]1. The summed E-state index contributed by atoms with van der Waals surface area (Å²) in [6, 6.07) is 8.31. The van der Waals surface area contributed by atoms with E-state index in [9.17, 15) is 9.59 Å². The van der Waals surface area contributed by atoms with Gasteiger partial charge in [0.2, 0.25) is 0 Å². The first-order chi connectivity index (χ1) is 13.5. The second-order valence-electron chi connectivity index (χ2n) is 8.36. The third kappa shape index (κ3) is 4.56. The first kappa shape index (κ1) is 21.6. The maximum Gasteiger partial charge on any atom is 0.322 e. The van der Waals surface area contributed by atoms with E-state index in [1.165, 1.54) is 28.7 Å². The van der Waals surface area contributed by atoms with Crippen molar-refractivity contribution in [3.05, 3.63) is 45.6 Å². The number of thiophene rings is 1. The van der Waals surface area contributed by atoms with Crippen molar-refractivity contribution in [1.29, 1.82) is 0 Å². The van der Waals surface area contributed by atoms with E-state index in [0.717, 1.165) is 11.1 Å². The van der Waals surface area contributed by atoms with Crippen molar-refractivity contribution in [2.24, 2.45) is 0 Å². The highest BCUT2D eigenvalue weighted by Gasteiger charge is 2.32. The molecule has 29 heavy (non-hydrogen) atoms. The first-order valence-corrected chi connectivity index (χ1v) is 11.2. The second kappa shape index (κ2) is 7.95. The first-order valence-electron chi connectivity index (χ1n) is 9.51. The number of hydrogen-bond acceptors (Lipinski definition) is 6. The lowest BCUT2D eigenvalue weighted by molar-refractivity contribution is -0.145. The fourth-order valence-electron chi connectivity index (χ4n) is 2.93. The summed E-state index contributed by atoms with van der Waals surface area (Å²) < 4.78 is 4.27. The van der Waals surface area contributed by atoms with Crippen LogP contribution in [0.15, 0.2) is 39.6 Å². The smallest absolute Gasteiger partial charge is 0.322 e. The van der Waals surface area contributed by atoms with Crippen LogP contribution in [0.3, 0.4) is 0 Å². The monoisotopic (exact) mass is 430 g/mol. The molecular weight excluding hydrogens is 404 g/mol. The van der Waals surface area contributed by atoms with E-state index < -0.39 is 4.75 Å². The van der Waals surface area contributed by atoms with Crippen molar-refractivity contribution in [2.45, 2.75) is 56.9 Å². The number of aromatic amines is 1. The molecule has 0 aliphatic carbocycles. The summed E-state index contributed by atoms with van der Waals surface area (Å²) in [4.78, 5) is 33.1. The van der Waals surface area contributed by atoms with Gasteiger partial charge in [0.15, 0.2) is 5.16 Å². The molecule has 5 nitrogen and oxygen atoms in total. The standard InChI is InChI=1S/C22H26N2O3S2/c1-7-27-19(26)22(5,6)29-20-23-17(25)16-15(12-28-18(16)24-20)13-8-10-14(11-9-13)21(2,3)4/h8-12H,7H2,1-6H3,(H,23,24,25). The fourth-order valence-corrected chi connectivity index (χ4v) is 4.84. The van der Waals surface area contributed by atoms with Gasteiger partial charge in [-0.2, -0.15) is 0 Å². The average molecular weight is 431 g/mol. The molecule has 0 bridgehead atoms. The van der Waals surface area contributed by atoms with Crippen LogP contribution in [0.25, 0.3) is 21.3 Å². The van der Waals surface area contributed by atoms with E-state index in [2.05, 4.69) is 42.9 Å². The van der Waals surface area contributed by atoms with Crippen molar-refractivity contribution in [1.82, 2.24) is 9.97 Å². The normalized spacial score (nSPS) is 12.3. The number of ether oxygens (including phenoxy) is 1. The van der Waals surface area contributed by atoms with Crippen molar-refractivity contribution in [2.75, 3.05) is 6.61 Å². The highest BCUT2D eigenvalue weighted by atomic mass is 32.2. The Morgan fingerprint density at radius 3 is 2.41 bits per heavy atom. The van der Waals surface area contributed by atoms with Gasteiger partial charge in [0.05, 0.1) is 12.0 Å². The van der Waals surface area contributed by atoms with Gasteiger partial charge in [-0.05, 0) is 37.3 Å². The molecule has 0 spiro atoms. The summed E-state index contributed by atoms with van der Waals surface area (Å²) >= 11 is 2.63. The molecule has 1 N–H and O–H groups in total. The molecule has 0 aliphatic heterocycles. The molecule has 0 unspecified atom stereocenters. The lowest BCUT2D eigenvalue weighted by Crippen LogP contribution is -2.30. The zero-order valence-electron chi connectivity index (χ0n) is 17.6. The van der Waals surface area contributed by atoms with E-state index >= 15 is 0 Å². The Morgan fingerprint density at radius 1 is 1.17 bits per heavy atom. The van der Waals surface area contributed by atoms with Crippen LogP contribution in [0, 0.1) is 0 Å². The largest absolute Gasteiger partial charge is 0.465 e. The molecule has 3 rings (SSSR count). The summed E-state index contributed by atoms with van der Waals surface area (Å²) in [6.07, 6.45) is 0. The lowest BCUT2D eigenvalue weighted by Gasteiger charge is -2.20. The molecule has 0 saturated carbocycles. The Labute approximate surface area is 178 Å². The van der Waals surface area contributed by atoms with Crippen LogP contribution in [0.2, 0.25) is 0 Å². The fraction of sp³-hybridized carbons (Fsp3) is 0.409. The van der Waals surface area contributed by atoms with E-state index in [0.29, 0.717) is 22.0 Å². The number of hydrogen-bond donors (Lipinski definition) is 1. The van der Waals surface area contributed by atoms with Crippen LogP contribution in [0.4, 0.5) is 0 Å². The average Bonchev–Trinajstić information content (AvgIpc) is 3.05. The molecule has 0 saturated heterocycles. The number of aromatic nitrogens is 2. The molecule has 2 heterocycles. The third-order valence-corrected chi connectivity index (χ3v) is 6.54. The third-order valence-electron chi connectivity index (χ3n) is 4.60. The van der Waals surface area contributed by atoms with Gasteiger partial charge in [-0.3, -0.25) is 9.59 Å². The van der Waals surface area contributed by atoms with Crippen LogP contribution in [-0.2, 0) is 14.9 Å². The highest BCUT2D eigenvalue weighted by Crippen LogP contribution is 2.35. The molecule has 154 valence electrons. The van der Waals surface area contributed by atoms with E-state index in [4.69, 9.17) is 4.74 Å². The topological polar surface area (TPSA) is 72.0 Å². The van der Waals surface area contributed by atoms with E-state index in [1.54, 1.807) is 20.8 Å². The molecule has 0 radical (unpaired) electrons. The molecule has 1 aromatic carbocycles. The van der Waals surface area contributed by atoms with Gasteiger partial charge >= 0.3 is 5.97 Å². The Balaban J connectivity index is 1.96. The Hall–Kier alpha value is -2.12. The van der Waals surface area contributed by atoms with Crippen molar-refractivity contribution < 1.29 is 9.53 Å². The van der Waals surface area contributed by atoms with Gasteiger partial charge in [-0.15, -0.1) is 11.3 Å². The van der Waals surface area contributed by atoms with Crippen LogP contribution in [0.1, 0.15) is 47.1 Å². The summed E-state index contributed by atoms with van der Waals surface area (Å²) in [5, 5.41) is 2.96. The molecular formula is C22H26N2O3S2. The minimum absolute atomic E-state index is 0.0755. The van der Waals surface area contributed by atoms with Gasteiger partial charge in [0.1, 0.15) is 9.58 Å². The van der Waals surface area contributed by atoms with Gasteiger partial charge < -0.3 is 9.72 Å². The lowest BCUT2D eigenvalue weighted by atomic mass is 9.86. The van der Waals surface area contributed by atoms with Crippen LogP contribution in [0.5, 0.6) is 0 Å². The second-order valence-corrected chi connectivity index (χ2v) is 10.8. The Bertz CT molecular complexity index is 1090. The summed E-state index contributed by atoms with van der Waals surface area (Å²) in [5.74, 6) is -0.335. The number of rotatable bonds is 5. The predicted molar refractivity (Wildman–Crippen MR) is 121 cm³/mol. The van der Waals surface area contributed by atoms with Crippen molar-refractivity contribution in [3.8, 4) is 11.1 Å². The molecule has 0 amide bonds. The Kier molecular flexibility index (Phi) is 5.92. The molecule has 0 aliphatic rings. The van der Waals surface area contributed by atoms with Gasteiger partial charge in [-0.25, -0.2) is 4.98 Å². The zero-order chi connectivity index (χ0) is 21.4. The number of carbonyl (C=O) groups is 1. The van der Waals surface area contributed by atoms with Gasteiger partial charge in [0.25, 0.3) is 5.56 Å². The molecule has 0 atom stereocenters. The van der Waals surface area contributed by atoms with Crippen LogP contribution < -0.4 is 5.56 Å². The number of H-pyrrole nitrogens is 1. The molecule has 2 aromatic heterocycles. The highest BCUT2D eigenvalue weighted by molar-refractivity contribution is 8.01. The van der Waals surface area contributed by atoms with Crippen LogP contribution >= 0.6 is 23.1 Å². The number of nitrogens with one attached hydrogen (secondary N) is 1. The van der Waals surface area contributed by atoms with Crippen molar-refractivity contribution in [3.63, 3.8) is 0 Å². The van der Waals surface area contributed by atoms with Crippen LogP contribution in [-0.4, -0.2) is 27.3 Å². The van der Waals surface area contributed by atoms with E-state index in [-0.39, 0.29) is 16.9 Å². The number of benzene rings is 1. The van der Waals surface area contributed by atoms with Gasteiger partial charge in [0, 0.05) is 10.9 Å². The van der Waals surface area contributed by atoms with E-state index in [1.807, 2.05) is 17.5 Å². The predicted octanol–water partition coefficient (Wildman–Crippen LogP) is 5.38. The maximum absolute atomic E-state index is 12.8.